The molecule has 4 nitrogen and oxygen atoms in total. The Labute approximate surface area is 126 Å². The summed E-state index contributed by atoms with van der Waals surface area (Å²) >= 11 is 0. The van der Waals surface area contributed by atoms with Crippen molar-refractivity contribution in [1.82, 2.24) is 0 Å². The smallest absolute Gasteiger partial charge is 0.323 e. The Morgan fingerprint density at radius 3 is 2.76 bits per heavy atom. The van der Waals surface area contributed by atoms with Crippen LogP contribution in [-0.4, -0.2) is 23.2 Å². The normalized spacial score (nSPS) is 23.5. The van der Waals surface area contributed by atoms with Crippen LogP contribution in [0.25, 0.3) is 0 Å². The molecule has 0 aliphatic heterocycles. The summed E-state index contributed by atoms with van der Waals surface area (Å²) in [6.45, 7) is 2.19. The average molecular weight is 291 g/mol. The molecule has 21 heavy (non-hydrogen) atoms. The van der Waals surface area contributed by atoms with Crippen LogP contribution in [0.4, 0.5) is 0 Å². The van der Waals surface area contributed by atoms with Crippen LogP contribution in [0.5, 0.6) is 5.75 Å². The fourth-order valence-corrected chi connectivity index (χ4v) is 2.94. The minimum Gasteiger partial charge on any atom is -0.508 e. The van der Waals surface area contributed by atoms with Gasteiger partial charge in [0.05, 0.1) is 0 Å². The zero-order valence-electron chi connectivity index (χ0n) is 12.6. The third-order valence-corrected chi connectivity index (χ3v) is 4.29. The minimum atomic E-state index is -0.642. The van der Waals surface area contributed by atoms with Gasteiger partial charge in [-0.2, -0.15) is 0 Å². The third-order valence-electron chi connectivity index (χ3n) is 4.29. The van der Waals surface area contributed by atoms with Gasteiger partial charge in [-0.3, -0.25) is 4.79 Å². The van der Waals surface area contributed by atoms with Crippen molar-refractivity contribution in [1.29, 1.82) is 0 Å². The van der Waals surface area contributed by atoms with Gasteiger partial charge in [0.2, 0.25) is 0 Å². The van der Waals surface area contributed by atoms with Crippen LogP contribution < -0.4 is 5.73 Å². The summed E-state index contributed by atoms with van der Waals surface area (Å²) in [6.07, 6.45) is 5.90. The van der Waals surface area contributed by atoms with E-state index in [1.807, 2.05) is 0 Å². The van der Waals surface area contributed by atoms with Crippen molar-refractivity contribution in [3.05, 3.63) is 29.8 Å². The first-order chi connectivity index (χ1) is 10.1. The summed E-state index contributed by atoms with van der Waals surface area (Å²) in [6, 6.07) is 6.10. The summed E-state index contributed by atoms with van der Waals surface area (Å²) in [5.41, 5.74) is 6.86. The van der Waals surface area contributed by atoms with E-state index >= 15 is 0 Å². The van der Waals surface area contributed by atoms with Crippen molar-refractivity contribution in [3.8, 4) is 5.75 Å². The number of nitrogens with two attached hydrogens (primary N) is 1. The number of esters is 1. The second-order valence-corrected chi connectivity index (χ2v) is 5.98. The molecule has 1 aliphatic rings. The number of hydrogen-bond acceptors (Lipinski definition) is 4. The van der Waals surface area contributed by atoms with Gasteiger partial charge in [0.15, 0.2) is 0 Å². The molecular formula is C17H25NO3. The first kappa shape index (κ1) is 15.8. The van der Waals surface area contributed by atoms with Gasteiger partial charge >= 0.3 is 5.97 Å². The molecule has 2 unspecified atom stereocenters. The van der Waals surface area contributed by atoms with E-state index in [4.69, 9.17) is 10.5 Å². The molecule has 0 spiro atoms. The first-order valence-electron chi connectivity index (χ1n) is 7.82. The minimum absolute atomic E-state index is 0.0297. The Morgan fingerprint density at radius 2 is 2.10 bits per heavy atom. The lowest BCUT2D eigenvalue weighted by Crippen LogP contribution is -2.38. The van der Waals surface area contributed by atoms with Crippen LogP contribution in [0.3, 0.4) is 0 Å². The van der Waals surface area contributed by atoms with E-state index in [1.165, 1.54) is 6.42 Å². The summed E-state index contributed by atoms with van der Waals surface area (Å²) in [5.74, 6) is 0.567. The Kier molecular flexibility index (Phi) is 5.62. The van der Waals surface area contributed by atoms with Gasteiger partial charge in [-0.1, -0.05) is 31.9 Å². The first-order valence-corrected chi connectivity index (χ1v) is 7.82. The van der Waals surface area contributed by atoms with E-state index < -0.39 is 6.04 Å². The highest BCUT2D eigenvalue weighted by Gasteiger charge is 2.26. The maximum absolute atomic E-state index is 12.1. The molecule has 1 aromatic rings. The molecule has 0 radical (unpaired) electrons. The lowest BCUT2D eigenvalue weighted by atomic mass is 9.85. The molecule has 3 N–H and O–H groups in total. The molecule has 3 atom stereocenters. The Hall–Kier alpha value is -1.55. The zero-order chi connectivity index (χ0) is 15.2. The molecule has 4 heteroatoms. The molecule has 0 aromatic heterocycles. The van der Waals surface area contributed by atoms with Gasteiger partial charge in [-0.15, -0.1) is 0 Å². The van der Waals surface area contributed by atoms with E-state index in [9.17, 15) is 9.90 Å². The number of carbonyl (C=O) groups is 1. The zero-order valence-corrected chi connectivity index (χ0v) is 12.6. The van der Waals surface area contributed by atoms with E-state index in [2.05, 4.69) is 6.92 Å². The predicted molar refractivity (Wildman–Crippen MR) is 81.9 cm³/mol. The number of carbonyl (C=O) groups excluding carboxylic acids is 1. The molecule has 116 valence electrons. The maximum atomic E-state index is 12.1. The molecule has 1 fully saturated rings. The van der Waals surface area contributed by atoms with Crippen LogP contribution >= 0.6 is 0 Å². The number of rotatable bonds is 5. The quantitative estimate of drug-likeness (QED) is 0.818. The van der Waals surface area contributed by atoms with Gasteiger partial charge in [-0.05, 0) is 49.3 Å². The molecule has 1 aliphatic carbocycles. The van der Waals surface area contributed by atoms with Gasteiger partial charge in [0, 0.05) is 0 Å². The summed E-state index contributed by atoms with van der Waals surface area (Å²) in [4.78, 5) is 12.1. The van der Waals surface area contributed by atoms with Crippen LogP contribution in [0.15, 0.2) is 24.3 Å². The molecule has 0 bridgehead atoms. The number of hydrogen-bond donors (Lipinski definition) is 2. The average Bonchev–Trinajstić information content (AvgIpc) is 2.49. The van der Waals surface area contributed by atoms with Gasteiger partial charge in [0.25, 0.3) is 0 Å². The van der Waals surface area contributed by atoms with Crippen molar-refractivity contribution in [3.63, 3.8) is 0 Å². The summed E-state index contributed by atoms with van der Waals surface area (Å²) in [7, 11) is 0. The van der Waals surface area contributed by atoms with E-state index in [-0.39, 0.29) is 17.8 Å². The highest BCUT2D eigenvalue weighted by Crippen LogP contribution is 2.28. The number of benzene rings is 1. The SMILES string of the molecule is CCC1CCCC(OC(=O)[C@@H](N)Cc2ccc(O)cc2)C1. The molecule has 0 heterocycles. The summed E-state index contributed by atoms with van der Waals surface area (Å²) in [5, 5.41) is 9.24. The van der Waals surface area contributed by atoms with Crippen molar-refractivity contribution < 1.29 is 14.6 Å². The van der Waals surface area contributed by atoms with Crippen molar-refractivity contribution in [2.24, 2.45) is 11.7 Å². The second-order valence-electron chi connectivity index (χ2n) is 5.98. The highest BCUT2D eigenvalue weighted by molar-refractivity contribution is 5.76. The lowest BCUT2D eigenvalue weighted by Gasteiger charge is -2.29. The fraction of sp³-hybridized carbons (Fsp3) is 0.588. The topological polar surface area (TPSA) is 72.5 Å². The predicted octanol–water partition coefficient (Wildman–Crippen LogP) is 2.77. The molecule has 0 saturated heterocycles. The number of phenols is 1. The van der Waals surface area contributed by atoms with Crippen molar-refractivity contribution >= 4 is 5.97 Å². The molecule has 0 amide bonds. The van der Waals surface area contributed by atoms with E-state index in [1.54, 1.807) is 24.3 Å². The van der Waals surface area contributed by atoms with Crippen molar-refractivity contribution in [2.45, 2.75) is 57.6 Å². The molecule has 2 rings (SSSR count). The largest absolute Gasteiger partial charge is 0.508 e. The Balaban J connectivity index is 1.83. The monoisotopic (exact) mass is 291 g/mol. The third kappa shape index (κ3) is 4.74. The maximum Gasteiger partial charge on any atom is 0.323 e. The lowest BCUT2D eigenvalue weighted by molar-refractivity contribution is -0.152. The van der Waals surface area contributed by atoms with Gasteiger partial charge < -0.3 is 15.6 Å². The fourth-order valence-electron chi connectivity index (χ4n) is 2.94. The second kappa shape index (κ2) is 7.46. The highest BCUT2D eigenvalue weighted by atomic mass is 16.5. The Bertz CT molecular complexity index is 458. The number of aromatic hydroxyl groups is 1. The molecular weight excluding hydrogens is 266 g/mol. The van der Waals surface area contributed by atoms with Gasteiger partial charge in [0.1, 0.15) is 17.9 Å². The molecule has 1 saturated carbocycles. The summed E-state index contributed by atoms with van der Waals surface area (Å²) < 4.78 is 5.57. The van der Waals surface area contributed by atoms with E-state index in [0.717, 1.165) is 31.2 Å². The van der Waals surface area contributed by atoms with Crippen LogP contribution in [0, 0.1) is 5.92 Å². The van der Waals surface area contributed by atoms with Crippen LogP contribution in [0.1, 0.15) is 44.6 Å². The van der Waals surface area contributed by atoms with Crippen LogP contribution in [0.2, 0.25) is 0 Å². The number of ether oxygens (including phenoxy) is 1. The Morgan fingerprint density at radius 1 is 1.38 bits per heavy atom. The standard InChI is InChI=1S/C17H25NO3/c1-2-12-4-3-5-15(10-12)21-17(20)16(18)11-13-6-8-14(19)9-7-13/h6-9,12,15-16,19H,2-5,10-11,18H2,1H3/t12?,15?,16-/m0/s1. The van der Waals surface area contributed by atoms with E-state index in [0.29, 0.717) is 12.3 Å². The van der Waals surface area contributed by atoms with Gasteiger partial charge in [-0.25, -0.2) is 0 Å². The molecule has 1 aromatic carbocycles. The number of phenolic OH excluding ortho intramolecular Hbond substituents is 1. The van der Waals surface area contributed by atoms with Crippen molar-refractivity contribution in [2.75, 3.05) is 0 Å². The van der Waals surface area contributed by atoms with Crippen LogP contribution in [-0.2, 0) is 16.0 Å².